The van der Waals surface area contributed by atoms with E-state index in [0.29, 0.717) is 10.2 Å². The van der Waals surface area contributed by atoms with Gasteiger partial charge in [-0.1, -0.05) is 0 Å². The van der Waals surface area contributed by atoms with Gasteiger partial charge in [0.1, 0.15) is 11.5 Å². The Bertz CT molecular complexity index is 451. The highest BCUT2D eigenvalue weighted by molar-refractivity contribution is 9.10. The standard InChI is InChI=1S/C10H6BrFO2/c11-6-3-4-7(13)9(10(6)12)8-2-1-5-14-8/h1-5,13H. The summed E-state index contributed by atoms with van der Waals surface area (Å²) in [5.74, 6) is -0.359. The smallest absolute Gasteiger partial charge is 0.152 e. The Balaban J connectivity index is 2.69. The first-order chi connectivity index (χ1) is 6.70. The molecule has 2 nitrogen and oxygen atoms in total. The summed E-state index contributed by atoms with van der Waals surface area (Å²) in [4.78, 5) is 0. The summed E-state index contributed by atoms with van der Waals surface area (Å²) in [6.07, 6.45) is 1.43. The highest BCUT2D eigenvalue weighted by Crippen LogP contribution is 2.35. The van der Waals surface area contributed by atoms with E-state index in [9.17, 15) is 9.50 Å². The third-order valence-electron chi connectivity index (χ3n) is 1.84. The van der Waals surface area contributed by atoms with E-state index >= 15 is 0 Å². The normalized spacial score (nSPS) is 10.4. The van der Waals surface area contributed by atoms with Gasteiger partial charge < -0.3 is 9.52 Å². The quantitative estimate of drug-likeness (QED) is 0.847. The number of hydrogen-bond acceptors (Lipinski definition) is 2. The van der Waals surface area contributed by atoms with Crippen molar-refractivity contribution in [2.45, 2.75) is 0 Å². The summed E-state index contributed by atoms with van der Waals surface area (Å²) >= 11 is 3.04. The lowest BCUT2D eigenvalue weighted by atomic mass is 10.1. The Morgan fingerprint density at radius 1 is 1.29 bits per heavy atom. The van der Waals surface area contributed by atoms with E-state index in [1.807, 2.05) is 0 Å². The highest BCUT2D eigenvalue weighted by Gasteiger charge is 2.15. The molecule has 4 heteroatoms. The molecule has 0 bridgehead atoms. The fourth-order valence-corrected chi connectivity index (χ4v) is 1.53. The van der Waals surface area contributed by atoms with Gasteiger partial charge in [-0.2, -0.15) is 0 Å². The van der Waals surface area contributed by atoms with Crippen molar-refractivity contribution >= 4 is 15.9 Å². The van der Waals surface area contributed by atoms with Gasteiger partial charge in [-0.3, -0.25) is 0 Å². The highest BCUT2D eigenvalue weighted by atomic mass is 79.9. The largest absolute Gasteiger partial charge is 0.507 e. The fraction of sp³-hybridized carbons (Fsp3) is 0. The Labute approximate surface area is 88.1 Å². The van der Waals surface area contributed by atoms with E-state index in [0.717, 1.165) is 0 Å². The van der Waals surface area contributed by atoms with E-state index in [-0.39, 0.29) is 11.3 Å². The second-order valence-electron chi connectivity index (χ2n) is 2.73. The Hall–Kier alpha value is -1.29. The van der Waals surface area contributed by atoms with Crippen molar-refractivity contribution in [2.24, 2.45) is 0 Å². The van der Waals surface area contributed by atoms with Crippen molar-refractivity contribution in [1.29, 1.82) is 0 Å². The molecular weight excluding hydrogens is 251 g/mol. The lowest BCUT2D eigenvalue weighted by Crippen LogP contribution is -1.85. The van der Waals surface area contributed by atoms with Crippen LogP contribution in [0.15, 0.2) is 39.4 Å². The number of halogens is 2. The van der Waals surface area contributed by atoms with Crippen LogP contribution in [0.1, 0.15) is 0 Å². The number of furan rings is 1. The van der Waals surface area contributed by atoms with Gasteiger partial charge in [-0.15, -0.1) is 0 Å². The zero-order valence-electron chi connectivity index (χ0n) is 7.00. The van der Waals surface area contributed by atoms with Gasteiger partial charge in [-0.25, -0.2) is 4.39 Å². The fourth-order valence-electron chi connectivity index (χ4n) is 1.20. The molecule has 72 valence electrons. The predicted octanol–water partition coefficient (Wildman–Crippen LogP) is 3.55. The molecule has 14 heavy (non-hydrogen) atoms. The first-order valence-corrected chi connectivity index (χ1v) is 4.70. The minimum atomic E-state index is -0.528. The molecule has 0 saturated heterocycles. The number of rotatable bonds is 1. The molecule has 0 spiro atoms. The van der Waals surface area contributed by atoms with Gasteiger partial charge in [0.15, 0.2) is 5.82 Å². The van der Waals surface area contributed by atoms with E-state index in [1.54, 1.807) is 12.1 Å². The average molecular weight is 257 g/mol. The van der Waals surface area contributed by atoms with Crippen LogP contribution in [0.4, 0.5) is 4.39 Å². The first kappa shape index (κ1) is 9.27. The summed E-state index contributed by atoms with van der Waals surface area (Å²) in [6.45, 7) is 0. The van der Waals surface area contributed by atoms with E-state index < -0.39 is 5.82 Å². The van der Waals surface area contributed by atoms with Crippen LogP contribution >= 0.6 is 15.9 Å². The number of phenolic OH excluding ortho intramolecular Hbond substituents is 1. The Morgan fingerprint density at radius 2 is 2.07 bits per heavy atom. The molecule has 1 heterocycles. The molecule has 1 aromatic carbocycles. The van der Waals surface area contributed by atoms with Crippen molar-refractivity contribution < 1.29 is 13.9 Å². The molecule has 0 aliphatic carbocycles. The maximum atomic E-state index is 13.6. The number of hydrogen-bond donors (Lipinski definition) is 1. The van der Waals surface area contributed by atoms with E-state index in [2.05, 4.69) is 15.9 Å². The Morgan fingerprint density at radius 3 is 2.71 bits per heavy atom. The van der Waals surface area contributed by atoms with Crippen LogP contribution in [0.2, 0.25) is 0 Å². The second kappa shape index (κ2) is 3.46. The predicted molar refractivity (Wildman–Crippen MR) is 53.5 cm³/mol. The summed E-state index contributed by atoms with van der Waals surface area (Å²) in [6, 6.07) is 6.07. The zero-order chi connectivity index (χ0) is 10.1. The average Bonchev–Trinajstić information content (AvgIpc) is 2.65. The number of aromatic hydroxyl groups is 1. The molecule has 2 rings (SSSR count). The van der Waals surface area contributed by atoms with E-state index in [1.165, 1.54) is 18.4 Å². The summed E-state index contributed by atoms with van der Waals surface area (Å²) in [7, 11) is 0. The maximum absolute atomic E-state index is 13.6. The molecule has 0 fully saturated rings. The molecule has 0 saturated carbocycles. The minimum Gasteiger partial charge on any atom is -0.507 e. The van der Waals surface area contributed by atoms with Crippen LogP contribution in [0, 0.1) is 5.82 Å². The monoisotopic (exact) mass is 256 g/mol. The van der Waals surface area contributed by atoms with Crippen LogP contribution in [0.3, 0.4) is 0 Å². The number of phenols is 1. The molecule has 1 aromatic heterocycles. The molecule has 0 radical (unpaired) electrons. The van der Waals surface area contributed by atoms with Gasteiger partial charge >= 0.3 is 0 Å². The van der Waals surface area contributed by atoms with Gasteiger partial charge in [0.05, 0.1) is 16.3 Å². The summed E-state index contributed by atoms with van der Waals surface area (Å²) in [5, 5.41) is 9.47. The SMILES string of the molecule is Oc1ccc(Br)c(F)c1-c1ccco1. The van der Waals surface area contributed by atoms with Crippen LogP contribution in [-0.2, 0) is 0 Å². The van der Waals surface area contributed by atoms with Crippen molar-refractivity contribution in [3.8, 4) is 17.1 Å². The van der Waals surface area contributed by atoms with Crippen molar-refractivity contribution in [3.05, 3.63) is 40.8 Å². The van der Waals surface area contributed by atoms with Crippen LogP contribution in [0.5, 0.6) is 5.75 Å². The lowest BCUT2D eigenvalue weighted by molar-refractivity contribution is 0.466. The third kappa shape index (κ3) is 1.42. The van der Waals surface area contributed by atoms with E-state index in [4.69, 9.17) is 4.42 Å². The minimum absolute atomic E-state index is 0.0735. The van der Waals surface area contributed by atoms with Crippen LogP contribution < -0.4 is 0 Å². The van der Waals surface area contributed by atoms with Crippen LogP contribution in [-0.4, -0.2) is 5.11 Å². The second-order valence-corrected chi connectivity index (χ2v) is 3.59. The van der Waals surface area contributed by atoms with Crippen molar-refractivity contribution in [3.63, 3.8) is 0 Å². The molecule has 0 amide bonds. The number of benzene rings is 1. The lowest BCUT2D eigenvalue weighted by Gasteiger charge is -2.04. The maximum Gasteiger partial charge on any atom is 0.152 e. The van der Waals surface area contributed by atoms with Gasteiger partial charge in [0.2, 0.25) is 0 Å². The molecule has 0 aliphatic heterocycles. The molecule has 0 aliphatic rings. The molecule has 0 unspecified atom stereocenters. The molecule has 1 N–H and O–H groups in total. The molecule has 0 atom stereocenters. The van der Waals surface area contributed by atoms with Crippen molar-refractivity contribution in [2.75, 3.05) is 0 Å². The van der Waals surface area contributed by atoms with Crippen LogP contribution in [0.25, 0.3) is 11.3 Å². The summed E-state index contributed by atoms with van der Waals surface area (Å²) in [5.41, 5.74) is 0.0735. The van der Waals surface area contributed by atoms with Gasteiger partial charge in [-0.05, 0) is 40.2 Å². The van der Waals surface area contributed by atoms with Crippen molar-refractivity contribution in [1.82, 2.24) is 0 Å². The molecular formula is C10H6BrFO2. The third-order valence-corrected chi connectivity index (χ3v) is 2.45. The Kier molecular flexibility index (Phi) is 2.29. The topological polar surface area (TPSA) is 33.4 Å². The summed E-state index contributed by atoms with van der Waals surface area (Å²) < 4.78 is 18.9. The molecule has 2 aromatic rings. The van der Waals surface area contributed by atoms with Gasteiger partial charge in [0, 0.05) is 0 Å². The first-order valence-electron chi connectivity index (χ1n) is 3.91. The van der Waals surface area contributed by atoms with Gasteiger partial charge in [0.25, 0.3) is 0 Å². The zero-order valence-corrected chi connectivity index (χ0v) is 8.58.